The molecule has 10 atom stereocenters. The molecule has 0 unspecified atom stereocenters. The van der Waals surface area contributed by atoms with Gasteiger partial charge in [0.25, 0.3) is 0 Å². The van der Waals surface area contributed by atoms with Crippen LogP contribution in [0.2, 0.25) is 0 Å². The number of benzene rings is 2. The summed E-state index contributed by atoms with van der Waals surface area (Å²) in [7, 11) is 1.25. The Bertz CT molecular complexity index is 1640. The van der Waals surface area contributed by atoms with Crippen LogP contribution in [0.1, 0.15) is 0 Å². The molecule has 0 aliphatic carbocycles. The fourth-order valence-corrected chi connectivity index (χ4v) is 4.87. The summed E-state index contributed by atoms with van der Waals surface area (Å²) in [6.07, 6.45) is -19.8. The zero-order chi connectivity index (χ0) is 32.7. The molecule has 0 amide bonds. The number of carboxylic acids is 2. The Morgan fingerprint density at radius 2 is 1.27 bits per heavy atom. The number of aliphatic hydroxyl groups is 6. The molecule has 5 rings (SSSR count). The molecule has 242 valence electrons. The van der Waals surface area contributed by atoms with Crippen molar-refractivity contribution in [3.8, 4) is 28.6 Å². The number of aliphatic carboxylic acids is 2. The average molecular weight is 637 g/mol. The van der Waals surface area contributed by atoms with Crippen LogP contribution in [0.4, 0.5) is 0 Å². The predicted molar refractivity (Wildman–Crippen MR) is 144 cm³/mol. The summed E-state index contributed by atoms with van der Waals surface area (Å²) in [5.74, 6) is -4.48. The molecule has 1 aromatic heterocycles. The molecule has 0 radical (unpaired) electrons. The Morgan fingerprint density at radius 3 is 1.82 bits per heavy atom. The number of fused-ring (bicyclic) bond motifs is 1. The van der Waals surface area contributed by atoms with Gasteiger partial charge in [-0.15, -0.1) is 0 Å². The molecule has 8 N–H and O–H groups in total. The lowest BCUT2D eigenvalue weighted by atomic mass is 9.99. The van der Waals surface area contributed by atoms with Crippen LogP contribution in [-0.2, 0) is 19.1 Å². The van der Waals surface area contributed by atoms with Crippen LogP contribution < -0.4 is 19.6 Å². The highest BCUT2D eigenvalue weighted by Crippen LogP contribution is 2.39. The lowest BCUT2D eigenvalue weighted by Crippen LogP contribution is -2.61. The zero-order valence-electron chi connectivity index (χ0n) is 23.1. The van der Waals surface area contributed by atoms with Crippen LogP contribution in [0, 0.1) is 0 Å². The molecule has 17 heteroatoms. The van der Waals surface area contributed by atoms with E-state index in [2.05, 4.69) is 0 Å². The van der Waals surface area contributed by atoms with E-state index in [0.29, 0.717) is 0 Å². The van der Waals surface area contributed by atoms with Gasteiger partial charge in [0.15, 0.2) is 29.5 Å². The second-order valence-corrected chi connectivity index (χ2v) is 10.2. The first-order valence-corrected chi connectivity index (χ1v) is 13.3. The summed E-state index contributed by atoms with van der Waals surface area (Å²) in [4.78, 5) is 36.8. The van der Waals surface area contributed by atoms with Crippen LogP contribution in [0.15, 0.2) is 51.7 Å². The van der Waals surface area contributed by atoms with E-state index >= 15 is 0 Å². The maximum absolute atomic E-state index is 13.6. The molecule has 3 heterocycles. The smallest absolute Gasteiger partial charge is 0.335 e. The van der Waals surface area contributed by atoms with Gasteiger partial charge in [0.2, 0.25) is 23.8 Å². The van der Waals surface area contributed by atoms with Crippen molar-refractivity contribution in [1.82, 2.24) is 0 Å². The molecule has 45 heavy (non-hydrogen) atoms. The molecular formula is C28H28O17. The van der Waals surface area contributed by atoms with Crippen molar-refractivity contribution in [3.63, 3.8) is 0 Å². The maximum atomic E-state index is 13.6. The van der Waals surface area contributed by atoms with Crippen molar-refractivity contribution in [2.75, 3.05) is 7.11 Å². The van der Waals surface area contributed by atoms with Gasteiger partial charge in [-0.25, -0.2) is 9.59 Å². The Balaban J connectivity index is 1.58. The molecule has 2 fully saturated rings. The number of hydrogen-bond donors (Lipinski definition) is 8. The van der Waals surface area contributed by atoms with Gasteiger partial charge in [0.1, 0.15) is 42.2 Å². The van der Waals surface area contributed by atoms with Crippen LogP contribution in [0.25, 0.3) is 22.3 Å². The van der Waals surface area contributed by atoms with E-state index in [4.69, 9.17) is 28.1 Å². The SMILES string of the molecule is COc1ccc(-c2oc3ccccc3c(=O)c2O[C@H]2O[C@@H](C(=O)O)[C@H](O)[C@@H](O)[C@@H]2O)cc1O[C@H]1O[C@@H](C(=O)O)[C@H](O)[C@@H](O)[C@@H]1O. The Kier molecular flexibility index (Phi) is 8.97. The molecule has 0 saturated carbocycles. The van der Waals surface area contributed by atoms with E-state index < -0.39 is 84.5 Å². The van der Waals surface area contributed by atoms with E-state index in [1.807, 2.05) is 0 Å². The van der Waals surface area contributed by atoms with E-state index in [1.165, 1.54) is 43.5 Å². The van der Waals surface area contributed by atoms with Crippen LogP contribution in [0.5, 0.6) is 17.2 Å². The van der Waals surface area contributed by atoms with E-state index in [0.717, 1.165) is 0 Å². The topological polar surface area (TPSA) is 272 Å². The fraction of sp³-hybridized carbons (Fsp3) is 0.393. The second kappa shape index (κ2) is 12.6. The molecule has 0 bridgehead atoms. The van der Waals surface area contributed by atoms with Gasteiger partial charge in [-0.05, 0) is 30.3 Å². The Hall–Kier alpha value is -4.33. The van der Waals surface area contributed by atoms with Gasteiger partial charge in [-0.3, -0.25) is 4.79 Å². The molecule has 3 aromatic rings. The molecule has 17 nitrogen and oxygen atoms in total. The maximum Gasteiger partial charge on any atom is 0.335 e. The quantitative estimate of drug-likeness (QED) is 0.133. The first kappa shape index (κ1) is 32.1. The highest BCUT2D eigenvalue weighted by atomic mass is 16.7. The monoisotopic (exact) mass is 636 g/mol. The molecule has 2 aliphatic heterocycles. The van der Waals surface area contributed by atoms with Gasteiger partial charge in [0, 0.05) is 5.56 Å². The highest BCUT2D eigenvalue weighted by Gasteiger charge is 2.49. The predicted octanol–water partition coefficient (Wildman–Crippen LogP) is -1.99. The highest BCUT2D eigenvalue weighted by molar-refractivity contribution is 5.82. The third-order valence-corrected chi connectivity index (χ3v) is 7.29. The third-order valence-electron chi connectivity index (χ3n) is 7.29. The fourth-order valence-electron chi connectivity index (χ4n) is 4.87. The summed E-state index contributed by atoms with van der Waals surface area (Å²) in [5, 5.41) is 80.2. The standard InChI is InChI=1S/C28H28O17/c1-40-12-7-6-9(8-13(12)42-27-19(34)15(30)17(32)23(44-27)25(36)37)21-22(14(29)10-4-2-3-5-11(10)41-21)43-28-20(35)16(31)18(33)24(45-28)26(38)39/h2-8,15-20,23-24,27-28,30-35H,1H3,(H,36,37)(H,38,39)/t15-,16-,17-,18-,19+,20+,23-,24-,27+,28+/m1/s1. The minimum absolute atomic E-state index is 0.0000807. The van der Waals surface area contributed by atoms with E-state index in [9.17, 15) is 55.2 Å². The summed E-state index contributed by atoms with van der Waals surface area (Å²) >= 11 is 0. The van der Waals surface area contributed by atoms with Crippen molar-refractivity contribution in [2.45, 2.75) is 61.4 Å². The first-order valence-electron chi connectivity index (χ1n) is 13.3. The zero-order valence-corrected chi connectivity index (χ0v) is 23.1. The number of aliphatic hydroxyl groups excluding tert-OH is 6. The average Bonchev–Trinajstić information content (AvgIpc) is 3.02. The van der Waals surface area contributed by atoms with Gasteiger partial charge in [-0.2, -0.15) is 0 Å². The largest absolute Gasteiger partial charge is 0.493 e. The Labute approximate surface area is 251 Å². The number of para-hydroxylation sites is 1. The van der Waals surface area contributed by atoms with Crippen molar-refractivity contribution >= 4 is 22.9 Å². The number of carboxylic acid groups (broad SMARTS) is 2. The summed E-state index contributed by atoms with van der Waals surface area (Å²) in [5.41, 5.74) is -0.717. The molecule has 0 spiro atoms. The van der Waals surface area contributed by atoms with Gasteiger partial charge < -0.3 is 69.0 Å². The summed E-state index contributed by atoms with van der Waals surface area (Å²) in [6.45, 7) is 0. The number of hydrogen-bond acceptors (Lipinski definition) is 15. The summed E-state index contributed by atoms with van der Waals surface area (Å²) in [6, 6.07) is 9.87. The number of methoxy groups -OCH3 is 1. The molecule has 2 aliphatic rings. The van der Waals surface area contributed by atoms with Crippen molar-refractivity contribution in [2.24, 2.45) is 0 Å². The van der Waals surface area contributed by atoms with Gasteiger partial charge in [-0.1, -0.05) is 12.1 Å². The second-order valence-electron chi connectivity index (χ2n) is 10.2. The van der Waals surface area contributed by atoms with E-state index in [-0.39, 0.29) is 33.8 Å². The van der Waals surface area contributed by atoms with Crippen LogP contribution in [-0.4, -0.2) is 121 Å². The van der Waals surface area contributed by atoms with Crippen molar-refractivity contribution < 1.29 is 78.5 Å². The van der Waals surface area contributed by atoms with Gasteiger partial charge in [0.05, 0.1) is 12.5 Å². The number of ether oxygens (including phenoxy) is 5. The lowest BCUT2D eigenvalue weighted by molar-refractivity contribution is -0.271. The van der Waals surface area contributed by atoms with Crippen molar-refractivity contribution in [3.05, 3.63) is 52.7 Å². The lowest BCUT2D eigenvalue weighted by Gasteiger charge is -2.38. The molecule has 2 aromatic carbocycles. The first-order chi connectivity index (χ1) is 21.3. The molecule has 2 saturated heterocycles. The number of rotatable bonds is 8. The minimum Gasteiger partial charge on any atom is -0.493 e. The number of carbonyl (C=O) groups is 2. The van der Waals surface area contributed by atoms with Crippen molar-refractivity contribution in [1.29, 1.82) is 0 Å². The summed E-state index contributed by atoms with van der Waals surface area (Å²) < 4.78 is 32.9. The normalized spacial score (nSPS) is 31.7. The van der Waals surface area contributed by atoms with Crippen LogP contribution in [0.3, 0.4) is 0 Å². The third kappa shape index (κ3) is 5.90. The van der Waals surface area contributed by atoms with Crippen LogP contribution >= 0.6 is 0 Å². The van der Waals surface area contributed by atoms with Gasteiger partial charge >= 0.3 is 11.9 Å². The van der Waals surface area contributed by atoms with E-state index in [1.54, 1.807) is 6.07 Å². The minimum atomic E-state index is -2.03. The molecular weight excluding hydrogens is 608 g/mol. The Morgan fingerprint density at radius 1 is 0.711 bits per heavy atom.